The number of para-hydroxylation sites is 1. The summed E-state index contributed by atoms with van der Waals surface area (Å²) in [6.07, 6.45) is 2.64. The first-order chi connectivity index (χ1) is 10.1. The number of likely N-dealkylation sites (tertiary alicyclic amines) is 1. The van der Waals surface area contributed by atoms with Crippen LogP contribution in [0.5, 0.6) is 0 Å². The van der Waals surface area contributed by atoms with Crippen molar-refractivity contribution in [3.63, 3.8) is 0 Å². The molecule has 0 spiro atoms. The zero-order valence-electron chi connectivity index (χ0n) is 12.0. The molecule has 0 aliphatic carbocycles. The van der Waals surface area contributed by atoms with Crippen LogP contribution in [-0.2, 0) is 11.3 Å². The summed E-state index contributed by atoms with van der Waals surface area (Å²) in [5, 5.41) is 11.0. The zero-order valence-corrected chi connectivity index (χ0v) is 12.0. The Morgan fingerprint density at radius 1 is 1.52 bits per heavy atom. The van der Waals surface area contributed by atoms with Crippen molar-refractivity contribution in [1.82, 2.24) is 4.90 Å². The van der Waals surface area contributed by atoms with Crippen molar-refractivity contribution >= 4 is 17.3 Å². The molecular formula is C14H20N4O3. The van der Waals surface area contributed by atoms with E-state index in [9.17, 15) is 14.9 Å². The second-order valence-corrected chi connectivity index (χ2v) is 5.35. The molecule has 2 rings (SSSR count). The maximum atomic E-state index is 12.0. The third kappa shape index (κ3) is 3.30. The van der Waals surface area contributed by atoms with Gasteiger partial charge in [0.2, 0.25) is 5.91 Å². The van der Waals surface area contributed by atoms with Crippen molar-refractivity contribution in [2.45, 2.75) is 32.7 Å². The van der Waals surface area contributed by atoms with Crippen LogP contribution >= 0.6 is 0 Å². The van der Waals surface area contributed by atoms with Crippen molar-refractivity contribution in [2.75, 3.05) is 12.0 Å². The number of carbonyl (C=O) groups excluding carboxylic acids is 1. The third-order valence-electron chi connectivity index (χ3n) is 3.82. The average molecular weight is 292 g/mol. The van der Waals surface area contributed by atoms with E-state index in [1.807, 2.05) is 0 Å². The Morgan fingerprint density at radius 2 is 2.29 bits per heavy atom. The molecule has 1 aromatic rings. The molecule has 114 valence electrons. The Hall–Kier alpha value is -2.15. The minimum Gasteiger partial charge on any atom is -0.338 e. The van der Waals surface area contributed by atoms with Gasteiger partial charge in [0.25, 0.3) is 5.69 Å². The van der Waals surface area contributed by atoms with Crippen LogP contribution in [0.15, 0.2) is 18.2 Å². The quantitative estimate of drug-likeness (QED) is 0.474. The molecule has 0 radical (unpaired) electrons. The fraction of sp³-hybridized carbons (Fsp3) is 0.500. The van der Waals surface area contributed by atoms with Crippen LogP contribution < -0.4 is 11.3 Å². The van der Waals surface area contributed by atoms with Gasteiger partial charge in [-0.05, 0) is 12.3 Å². The highest BCUT2D eigenvalue weighted by atomic mass is 16.6. The number of hydrogen-bond acceptors (Lipinski definition) is 5. The smallest absolute Gasteiger partial charge is 0.293 e. The Kier molecular flexibility index (Phi) is 4.74. The maximum Gasteiger partial charge on any atom is 0.293 e. The molecule has 1 saturated heterocycles. The number of hydrogen-bond donors (Lipinski definition) is 2. The predicted octanol–water partition coefficient (Wildman–Crippen LogP) is 2.03. The van der Waals surface area contributed by atoms with Gasteiger partial charge in [0.05, 0.1) is 4.92 Å². The minimum absolute atomic E-state index is 0.0771. The van der Waals surface area contributed by atoms with E-state index >= 15 is 0 Å². The van der Waals surface area contributed by atoms with E-state index in [1.54, 1.807) is 17.0 Å². The van der Waals surface area contributed by atoms with Gasteiger partial charge < -0.3 is 10.3 Å². The van der Waals surface area contributed by atoms with Crippen molar-refractivity contribution < 1.29 is 9.72 Å². The number of carbonyl (C=O) groups is 1. The summed E-state index contributed by atoms with van der Waals surface area (Å²) >= 11 is 0. The Labute approximate surface area is 123 Å². The van der Waals surface area contributed by atoms with Gasteiger partial charge in [0.15, 0.2) is 0 Å². The summed E-state index contributed by atoms with van der Waals surface area (Å²) in [4.78, 5) is 24.3. The number of amides is 1. The summed E-state index contributed by atoms with van der Waals surface area (Å²) in [5.74, 6) is 5.90. The first-order valence-electron chi connectivity index (χ1n) is 7.07. The van der Waals surface area contributed by atoms with Crippen molar-refractivity contribution in [3.05, 3.63) is 33.9 Å². The van der Waals surface area contributed by atoms with Gasteiger partial charge >= 0.3 is 0 Å². The van der Waals surface area contributed by atoms with Crippen LogP contribution in [0.4, 0.5) is 11.4 Å². The van der Waals surface area contributed by atoms with Gasteiger partial charge in [0, 0.05) is 31.1 Å². The Morgan fingerprint density at radius 3 is 2.90 bits per heavy atom. The molecule has 0 aromatic heterocycles. The number of benzene rings is 1. The van der Waals surface area contributed by atoms with E-state index in [2.05, 4.69) is 12.3 Å². The second-order valence-electron chi connectivity index (χ2n) is 5.35. The molecule has 1 unspecified atom stereocenters. The molecule has 7 heteroatoms. The summed E-state index contributed by atoms with van der Waals surface area (Å²) in [6.45, 7) is 3.16. The number of nitro groups is 1. The molecule has 1 aromatic carbocycles. The molecule has 1 atom stereocenters. The fourth-order valence-corrected chi connectivity index (χ4v) is 2.85. The third-order valence-corrected chi connectivity index (χ3v) is 3.82. The highest BCUT2D eigenvalue weighted by Crippen LogP contribution is 2.30. The van der Waals surface area contributed by atoms with Crippen LogP contribution in [0.3, 0.4) is 0 Å². The van der Waals surface area contributed by atoms with Crippen molar-refractivity contribution in [3.8, 4) is 0 Å². The number of nitrogen functional groups attached to an aromatic ring is 1. The molecule has 1 aliphatic heterocycles. The van der Waals surface area contributed by atoms with E-state index in [1.165, 1.54) is 6.07 Å². The van der Waals surface area contributed by atoms with Crippen LogP contribution in [-0.4, -0.2) is 22.3 Å². The molecule has 0 saturated carbocycles. The SMILES string of the molecule is CCCC1CC(=O)N(Cc2cccc([N+](=O)[O-])c2NN)C1. The number of anilines is 1. The number of rotatable bonds is 6. The topological polar surface area (TPSA) is 102 Å². The molecule has 1 aliphatic rings. The number of nitrogens with two attached hydrogens (primary N) is 1. The molecular weight excluding hydrogens is 272 g/mol. The summed E-state index contributed by atoms with van der Waals surface area (Å²) in [7, 11) is 0. The normalized spacial score (nSPS) is 18.1. The maximum absolute atomic E-state index is 12.0. The monoisotopic (exact) mass is 292 g/mol. The van der Waals surface area contributed by atoms with Crippen LogP contribution in [0.1, 0.15) is 31.7 Å². The van der Waals surface area contributed by atoms with E-state index in [-0.39, 0.29) is 17.3 Å². The molecule has 0 bridgehead atoms. The van der Waals surface area contributed by atoms with Crippen LogP contribution in [0.2, 0.25) is 0 Å². The zero-order chi connectivity index (χ0) is 15.4. The van der Waals surface area contributed by atoms with E-state index in [0.717, 1.165) is 12.8 Å². The highest BCUT2D eigenvalue weighted by Gasteiger charge is 2.30. The molecule has 3 N–H and O–H groups in total. The van der Waals surface area contributed by atoms with Gasteiger partial charge in [-0.15, -0.1) is 0 Å². The van der Waals surface area contributed by atoms with Crippen molar-refractivity contribution in [1.29, 1.82) is 0 Å². The predicted molar refractivity (Wildman–Crippen MR) is 79.3 cm³/mol. The number of nitrogens with zero attached hydrogens (tertiary/aromatic N) is 2. The summed E-state index contributed by atoms with van der Waals surface area (Å²) < 4.78 is 0. The lowest BCUT2D eigenvalue weighted by Gasteiger charge is -2.18. The number of hydrazine groups is 1. The van der Waals surface area contributed by atoms with Gasteiger partial charge in [-0.25, -0.2) is 0 Å². The standard InChI is InChI=1S/C14H20N4O3/c1-2-4-10-7-13(19)17(8-10)9-11-5-3-6-12(18(20)21)14(11)16-15/h3,5-6,10,16H,2,4,7-9,15H2,1H3. The lowest BCUT2D eigenvalue weighted by molar-refractivity contribution is -0.384. The Bertz CT molecular complexity index is 547. The van der Waals surface area contributed by atoms with E-state index < -0.39 is 4.92 Å². The van der Waals surface area contributed by atoms with Crippen LogP contribution in [0.25, 0.3) is 0 Å². The first-order valence-corrected chi connectivity index (χ1v) is 7.07. The van der Waals surface area contributed by atoms with Crippen LogP contribution in [0, 0.1) is 16.0 Å². The fourth-order valence-electron chi connectivity index (χ4n) is 2.85. The molecule has 1 amide bonds. The van der Waals surface area contributed by atoms with Gasteiger partial charge in [-0.1, -0.05) is 25.5 Å². The van der Waals surface area contributed by atoms with E-state index in [4.69, 9.17) is 5.84 Å². The van der Waals surface area contributed by atoms with Gasteiger partial charge in [-0.3, -0.25) is 20.8 Å². The van der Waals surface area contributed by atoms with Gasteiger partial charge in [-0.2, -0.15) is 0 Å². The number of nitrogens with one attached hydrogen (secondary N) is 1. The highest BCUT2D eigenvalue weighted by molar-refractivity contribution is 5.79. The lowest BCUT2D eigenvalue weighted by atomic mass is 10.0. The first kappa shape index (κ1) is 15.2. The molecule has 21 heavy (non-hydrogen) atoms. The molecule has 7 nitrogen and oxygen atoms in total. The Balaban J connectivity index is 2.18. The number of nitro benzene ring substituents is 1. The largest absolute Gasteiger partial charge is 0.338 e. The van der Waals surface area contributed by atoms with Crippen molar-refractivity contribution in [2.24, 2.45) is 11.8 Å². The molecule has 1 fully saturated rings. The van der Waals surface area contributed by atoms with E-state index in [0.29, 0.717) is 31.0 Å². The minimum atomic E-state index is -0.482. The summed E-state index contributed by atoms with van der Waals surface area (Å²) in [5.41, 5.74) is 3.25. The average Bonchev–Trinajstić information content (AvgIpc) is 2.79. The lowest BCUT2D eigenvalue weighted by Crippen LogP contribution is -2.25. The summed E-state index contributed by atoms with van der Waals surface area (Å²) in [6, 6.07) is 4.76. The second kappa shape index (κ2) is 6.53. The van der Waals surface area contributed by atoms with Gasteiger partial charge in [0.1, 0.15) is 5.69 Å². The molecule has 1 heterocycles.